The van der Waals surface area contributed by atoms with E-state index in [1.54, 1.807) is 17.2 Å². The van der Waals surface area contributed by atoms with Crippen LogP contribution in [-0.4, -0.2) is 47.0 Å². The van der Waals surface area contributed by atoms with Gasteiger partial charge in [0.15, 0.2) is 0 Å². The van der Waals surface area contributed by atoms with Crippen LogP contribution in [-0.2, 0) is 0 Å². The number of aromatic nitrogens is 2. The highest BCUT2D eigenvalue weighted by Gasteiger charge is 2.25. The zero-order valence-corrected chi connectivity index (χ0v) is 19.9. The number of amides is 1. The number of pyridine rings is 2. The van der Waals surface area contributed by atoms with E-state index in [-0.39, 0.29) is 17.8 Å². The molecule has 2 aromatic heterocycles. The van der Waals surface area contributed by atoms with Crippen molar-refractivity contribution in [2.24, 2.45) is 0 Å². The number of likely N-dealkylation sites (N-methyl/N-ethyl adjacent to an activating group) is 1. The number of nitrogens with one attached hydrogen (secondary N) is 1. The minimum absolute atomic E-state index is 0.124. The van der Waals surface area contributed by atoms with Crippen LogP contribution < -0.4 is 11.1 Å². The maximum absolute atomic E-state index is 14.4. The van der Waals surface area contributed by atoms with Gasteiger partial charge in [0.25, 0.3) is 5.91 Å². The number of rotatable bonds is 5. The largest absolute Gasteiger partial charge is 0.384 e. The van der Waals surface area contributed by atoms with E-state index in [1.165, 1.54) is 12.1 Å². The van der Waals surface area contributed by atoms with Crippen LogP contribution in [0.4, 0.5) is 10.2 Å². The molecule has 1 fully saturated rings. The molecule has 0 unspecified atom stereocenters. The van der Waals surface area contributed by atoms with Gasteiger partial charge in [0, 0.05) is 42.3 Å². The van der Waals surface area contributed by atoms with Crippen molar-refractivity contribution in [3.63, 3.8) is 0 Å². The molecule has 178 valence electrons. The smallest absolute Gasteiger partial charge is 0.255 e. The molecular weight excluding hydrogens is 441 g/mol. The van der Waals surface area contributed by atoms with Crippen LogP contribution in [0.15, 0.2) is 60.8 Å². The number of nitrogens with two attached hydrogens (primary N) is 1. The number of hydrogen-bond donors (Lipinski definition) is 2. The number of carbonyl (C=O) groups excluding carboxylic acids is 1. The Balaban J connectivity index is 1.69. The van der Waals surface area contributed by atoms with Gasteiger partial charge >= 0.3 is 0 Å². The van der Waals surface area contributed by atoms with E-state index in [0.29, 0.717) is 45.6 Å². The van der Waals surface area contributed by atoms with Crippen molar-refractivity contribution >= 4 is 22.6 Å². The second-order valence-electron chi connectivity index (χ2n) is 9.22. The van der Waals surface area contributed by atoms with Crippen LogP contribution in [0.25, 0.3) is 33.3 Å². The third-order valence-corrected chi connectivity index (χ3v) is 6.50. The molecule has 3 N–H and O–H groups in total. The molecule has 1 aliphatic rings. The zero-order valence-electron chi connectivity index (χ0n) is 19.9. The average Bonchev–Trinajstić information content (AvgIpc) is 3.35. The lowest BCUT2D eigenvalue weighted by atomic mass is 9.94. The molecule has 7 heteroatoms. The van der Waals surface area contributed by atoms with Crippen LogP contribution in [0.1, 0.15) is 28.8 Å². The normalized spacial score (nSPS) is 15.5. The van der Waals surface area contributed by atoms with Crippen LogP contribution in [0.3, 0.4) is 0 Å². The summed E-state index contributed by atoms with van der Waals surface area (Å²) in [4.78, 5) is 24.8. The van der Waals surface area contributed by atoms with Crippen molar-refractivity contribution in [2.75, 3.05) is 25.9 Å². The van der Waals surface area contributed by atoms with Gasteiger partial charge in [-0.2, -0.15) is 0 Å². The second-order valence-corrected chi connectivity index (χ2v) is 9.22. The van der Waals surface area contributed by atoms with Gasteiger partial charge in [0.1, 0.15) is 11.6 Å². The van der Waals surface area contributed by atoms with E-state index < -0.39 is 0 Å². The molecule has 0 aliphatic carbocycles. The third-order valence-electron chi connectivity index (χ3n) is 6.50. The van der Waals surface area contributed by atoms with Gasteiger partial charge in [-0.3, -0.25) is 9.78 Å². The van der Waals surface area contributed by atoms with E-state index in [2.05, 4.69) is 15.3 Å². The number of anilines is 1. The fraction of sp³-hybridized carbons (Fsp3) is 0.250. The number of fused-ring (bicyclic) bond motifs is 1. The van der Waals surface area contributed by atoms with Crippen LogP contribution in [0.5, 0.6) is 0 Å². The van der Waals surface area contributed by atoms with Gasteiger partial charge in [-0.15, -0.1) is 0 Å². The molecule has 0 bridgehead atoms. The quantitative estimate of drug-likeness (QED) is 0.438. The number of nitrogens with zero attached hydrogens (tertiary/aromatic N) is 3. The summed E-state index contributed by atoms with van der Waals surface area (Å²) in [6.45, 7) is 3.40. The topological polar surface area (TPSA) is 84.1 Å². The highest BCUT2D eigenvalue weighted by atomic mass is 19.1. The molecule has 1 amide bonds. The first-order chi connectivity index (χ1) is 16.9. The molecule has 1 atom stereocenters. The van der Waals surface area contributed by atoms with Gasteiger partial charge < -0.3 is 16.0 Å². The molecule has 35 heavy (non-hydrogen) atoms. The molecule has 0 saturated carbocycles. The van der Waals surface area contributed by atoms with E-state index >= 15 is 0 Å². The number of halogens is 1. The first-order valence-corrected chi connectivity index (χ1v) is 11.8. The van der Waals surface area contributed by atoms with Crippen molar-refractivity contribution in [3.05, 3.63) is 77.7 Å². The highest BCUT2D eigenvalue weighted by Crippen LogP contribution is 2.33. The van der Waals surface area contributed by atoms with Gasteiger partial charge in [-0.25, -0.2) is 9.37 Å². The van der Waals surface area contributed by atoms with E-state index in [9.17, 15) is 9.18 Å². The van der Waals surface area contributed by atoms with Gasteiger partial charge in [0.05, 0.1) is 16.8 Å². The lowest BCUT2D eigenvalue weighted by molar-refractivity contribution is 0.0786. The number of carbonyl (C=O) groups is 1. The van der Waals surface area contributed by atoms with Crippen molar-refractivity contribution in [1.82, 2.24) is 20.2 Å². The molecule has 3 heterocycles. The Labute approximate surface area is 204 Å². The van der Waals surface area contributed by atoms with E-state index in [1.807, 2.05) is 50.4 Å². The maximum atomic E-state index is 14.4. The lowest BCUT2D eigenvalue weighted by Crippen LogP contribution is -2.38. The Morgan fingerprint density at radius 1 is 1.17 bits per heavy atom. The molecular formula is C28H28FN5O. The Hall–Kier alpha value is -3.84. The van der Waals surface area contributed by atoms with Crippen molar-refractivity contribution < 1.29 is 9.18 Å². The Kier molecular flexibility index (Phi) is 6.17. The SMILES string of the molecule is Cc1cc(F)cc(-c2cnc3ccc(-c4cccc(N)n4)cc3c2C(=O)N(C)C[C@@H]2CCCN2)c1. The monoisotopic (exact) mass is 469 g/mol. The highest BCUT2D eigenvalue weighted by molar-refractivity contribution is 6.12. The van der Waals surface area contributed by atoms with Crippen LogP contribution in [0, 0.1) is 12.7 Å². The minimum atomic E-state index is -0.347. The second kappa shape index (κ2) is 9.43. The summed E-state index contributed by atoms with van der Waals surface area (Å²) in [5.41, 5.74) is 10.6. The Bertz CT molecular complexity index is 1390. The molecule has 4 aromatic rings. The summed E-state index contributed by atoms with van der Waals surface area (Å²) >= 11 is 0. The molecule has 6 nitrogen and oxygen atoms in total. The maximum Gasteiger partial charge on any atom is 0.255 e. The molecule has 0 spiro atoms. The minimum Gasteiger partial charge on any atom is -0.384 e. The third kappa shape index (κ3) is 4.72. The summed E-state index contributed by atoms with van der Waals surface area (Å²) in [5.74, 6) is -0.0507. The zero-order chi connectivity index (χ0) is 24.5. The predicted molar refractivity (Wildman–Crippen MR) is 138 cm³/mol. The summed E-state index contributed by atoms with van der Waals surface area (Å²) in [6.07, 6.45) is 3.81. The van der Waals surface area contributed by atoms with Crippen LogP contribution in [0.2, 0.25) is 0 Å². The number of nitrogen functional groups attached to an aromatic ring is 1. The standard InChI is InChI=1S/C28H28FN5O/c1-17-11-19(13-20(29)12-17)23-15-32-25-9-8-18(24-6-3-7-26(30)33-24)14-22(25)27(23)28(35)34(2)16-21-5-4-10-31-21/h3,6-9,11-15,21,31H,4-5,10,16H2,1-2H3,(H2,30,33)/t21-/m0/s1. The summed E-state index contributed by atoms with van der Waals surface area (Å²) in [7, 11) is 1.82. The van der Waals surface area contributed by atoms with Gasteiger partial charge in [0.2, 0.25) is 0 Å². The summed E-state index contributed by atoms with van der Waals surface area (Å²) in [6, 6.07) is 16.3. The molecule has 2 aromatic carbocycles. The lowest BCUT2D eigenvalue weighted by Gasteiger charge is -2.24. The number of benzene rings is 2. The Morgan fingerprint density at radius 2 is 2.03 bits per heavy atom. The fourth-order valence-electron chi connectivity index (χ4n) is 4.82. The van der Waals surface area contributed by atoms with E-state index in [0.717, 1.165) is 30.5 Å². The first-order valence-electron chi connectivity index (χ1n) is 11.8. The molecule has 5 rings (SSSR count). The van der Waals surface area contributed by atoms with Crippen molar-refractivity contribution in [3.8, 4) is 22.4 Å². The molecule has 1 aliphatic heterocycles. The van der Waals surface area contributed by atoms with Crippen molar-refractivity contribution in [2.45, 2.75) is 25.8 Å². The van der Waals surface area contributed by atoms with Gasteiger partial charge in [-0.05, 0) is 73.8 Å². The van der Waals surface area contributed by atoms with E-state index in [4.69, 9.17) is 5.73 Å². The van der Waals surface area contributed by atoms with Gasteiger partial charge in [-0.1, -0.05) is 18.2 Å². The molecule has 0 radical (unpaired) electrons. The Morgan fingerprint density at radius 3 is 2.77 bits per heavy atom. The summed E-state index contributed by atoms with van der Waals surface area (Å²) < 4.78 is 14.4. The molecule has 1 saturated heterocycles. The predicted octanol–water partition coefficient (Wildman–Crippen LogP) is 4.82. The summed E-state index contributed by atoms with van der Waals surface area (Å²) in [5, 5.41) is 4.15. The van der Waals surface area contributed by atoms with Crippen molar-refractivity contribution in [1.29, 1.82) is 0 Å². The van der Waals surface area contributed by atoms with Crippen LogP contribution >= 0.6 is 0 Å². The average molecular weight is 470 g/mol. The number of aryl methyl sites for hydroxylation is 1. The fourth-order valence-corrected chi connectivity index (χ4v) is 4.82. The number of hydrogen-bond acceptors (Lipinski definition) is 5. The first kappa shape index (κ1) is 22.9.